The van der Waals surface area contributed by atoms with E-state index in [-0.39, 0.29) is 5.91 Å². The lowest BCUT2D eigenvalue weighted by atomic mass is 10.3. The highest BCUT2D eigenvalue weighted by molar-refractivity contribution is 7.17. The van der Waals surface area contributed by atoms with Gasteiger partial charge in [0.15, 0.2) is 0 Å². The molecule has 0 spiro atoms. The summed E-state index contributed by atoms with van der Waals surface area (Å²) in [6, 6.07) is 0. The Hall–Kier alpha value is -0.760. The van der Waals surface area contributed by atoms with Crippen LogP contribution in [0.4, 0.5) is 0 Å². The van der Waals surface area contributed by atoms with E-state index in [9.17, 15) is 4.79 Å². The quantitative estimate of drug-likeness (QED) is 0.686. The van der Waals surface area contributed by atoms with Crippen LogP contribution in [0.5, 0.6) is 0 Å². The number of aromatic nitrogens is 2. The van der Waals surface area contributed by atoms with E-state index in [0.29, 0.717) is 9.47 Å². The van der Waals surface area contributed by atoms with Crippen LogP contribution in [0.2, 0.25) is 4.47 Å². The highest BCUT2D eigenvalue weighted by Gasteiger charge is 2.19. The maximum Gasteiger partial charge on any atom is 0.284 e. The summed E-state index contributed by atoms with van der Waals surface area (Å²) in [5, 5.41) is 7.92. The number of halogens is 1. The molecule has 0 aliphatic heterocycles. The molecule has 0 saturated carbocycles. The van der Waals surface area contributed by atoms with Gasteiger partial charge in [-0.2, -0.15) is 0 Å². The number of carbonyl (C=O) groups excluding carboxylic acids is 1. The smallest absolute Gasteiger partial charge is 0.284 e. The van der Waals surface area contributed by atoms with Gasteiger partial charge < -0.3 is 14.7 Å². The molecule has 0 aliphatic rings. The number of amides is 1. The summed E-state index contributed by atoms with van der Waals surface area (Å²) >= 11 is 6.90. The summed E-state index contributed by atoms with van der Waals surface area (Å²) in [6.07, 6.45) is 1.88. The largest absolute Gasteiger partial charge is 0.336 e. The minimum atomic E-state index is -0.0723. The van der Waals surface area contributed by atoms with Crippen LogP contribution >= 0.6 is 22.9 Å². The van der Waals surface area contributed by atoms with E-state index in [4.69, 9.17) is 11.6 Å². The molecule has 6 nitrogen and oxygen atoms in total. The predicted molar refractivity (Wildman–Crippen MR) is 87.2 cm³/mol. The fourth-order valence-electron chi connectivity index (χ4n) is 1.90. The highest BCUT2D eigenvalue weighted by atomic mass is 35.5. The monoisotopic (exact) mass is 333 g/mol. The molecule has 120 valence electrons. The van der Waals surface area contributed by atoms with Crippen molar-refractivity contribution in [3.8, 4) is 0 Å². The first-order chi connectivity index (χ1) is 9.90. The molecule has 0 unspecified atom stereocenters. The average molecular weight is 334 g/mol. The van der Waals surface area contributed by atoms with Gasteiger partial charge in [-0.25, -0.2) is 0 Å². The molecule has 0 N–H and O–H groups in total. The molecule has 1 amide bonds. The number of hydrogen-bond donors (Lipinski definition) is 0. The molecular formula is C13H24ClN5OS. The molecule has 1 rings (SSSR count). The average Bonchev–Trinajstić information content (AvgIpc) is 2.82. The molecule has 0 aromatic carbocycles. The SMILES string of the molecule is CN(C)CCCN(CCCN(C)C)C(=O)c1nnc(Cl)s1. The molecule has 0 radical (unpaired) electrons. The number of carbonyl (C=O) groups is 1. The summed E-state index contributed by atoms with van der Waals surface area (Å²) in [6.45, 7) is 3.35. The van der Waals surface area contributed by atoms with Crippen molar-refractivity contribution in [1.82, 2.24) is 24.9 Å². The Bertz CT molecular complexity index is 424. The first kappa shape index (κ1) is 18.3. The van der Waals surface area contributed by atoms with Crippen LogP contribution in [0.15, 0.2) is 0 Å². The molecule has 1 heterocycles. The van der Waals surface area contributed by atoms with Gasteiger partial charge in [0.1, 0.15) is 0 Å². The van der Waals surface area contributed by atoms with Gasteiger partial charge >= 0.3 is 0 Å². The van der Waals surface area contributed by atoms with Crippen LogP contribution in [-0.2, 0) is 0 Å². The molecule has 1 aromatic rings. The predicted octanol–water partition coefficient (Wildman–Crippen LogP) is 1.54. The van der Waals surface area contributed by atoms with E-state index in [0.717, 1.165) is 50.4 Å². The third-order valence-corrected chi connectivity index (χ3v) is 3.94. The van der Waals surface area contributed by atoms with Gasteiger partial charge in [-0.3, -0.25) is 4.79 Å². The second kappa shape index (κ2) is 9.30. The fraction of sp³-hybridized carbons (Fsp3) is 0.769. The van der Waals surface area contributed by atoms with Gasteiger partial charge in [-0.05, 0) is 65.7 Å². The number of hydrogen-bond acceptors (Lipinski definition) is 6. The first-order valence-electron chi connectivity index (χ1n) is 6.98. The standard InChI is InChI=1S/C13H24ClN5OS/c1-17(2)7-5-9-19(10-6-8-18(3)4)12(20)11-15-16-13(14)21-11/h5-10H2,1-4H3. The fourth-order valence-corrected chi connectivity index (χ4v) is 2.69. The topological polar surface area (TPSA) is 52.6 Å². The molecule has 21 heavy (non-hydrogen) atoms. The van der Waals surface area contributed by atoms with Crippen molar-refractivity contribution >= 4 is 28.8 Å². The van der Waals surface area contributed by atoms with E-state index in [1.165, 1.54) is 0 Å². The number of rotatable bonds is 9. The molecule has 0 atom stereocenters. The molecule has 1 aromatic heterocycles. The van der Waals surface area contributed by atoms with Crippen molar-refractivity contribution in [2.45, 2.75) is 12.8 Å². The third-order valence-electron chi connectivity index (χ3n) is 2.94. The maximum atomic E-state index is 12.5. The van der Waals surface area contributed by atoms with Crippen LogP contribution in [-0.4, -0.2) is 85.2 Å². The Morgan fingerprint density at radius 2 is 1.52 bits per heavy atom. The van der Waals surface area contributed by atoms with Crippen LogP contribution in [0.25, 0.3) is 0 Å². The molecule has 0 bridgehead atoms. The Balaban J connectivity index is 2.59. The van der Waals surface area contributed by atoms with E-state index in [1.807, 2.05) is 33.1 Å². The van der Waals surface area contributed by atoms with Crippen LogP contribution in [0.1, 0.15) is 22.6 Å². The van der Waals surface area contributed by atoms with E-state index in [2.05, 4.69) is 20.0 Å². The molecule has 0 fully saturated rings. The Labute approximate surface area is 135 Å². The summed E-state index contributed by atoms with van der Waals surface area (Å²) < 4.78 is 0.305. The van der Waals surface area contributed by atoms with Crippen molar-refractivity contribution in [2.75, 3.05) is 54.4 Å². The minimum Gasteiger partial charge on any atom is -0.336 e. The van der Waals surface area contributed by atoms with Gasteiger partial charge in [0, 0.05) is 13.1 Å². The van der Waals surface area contributed by atoms with E-state index in [1.54, 1.807) is 0 Å². The van der Waals surface area contributed by atoms with Crippen molar-refractivity contribution in [3.05, 3.63) is 9.47 Å². The van der Waals surface area contributed by atoms with Crippen LogP contribution < -0.4 is 0 Å². The van der Waals surface area contributed by atoms with Crippen LogP contribution in [0.3, 0.4) is 0 Å². The van der Waals surface area contributed by atoms with Crippen LogP contribution in [0, 0.1) is 0 Å². The lowest BCUT2D eigenvalue weighted by molar-refractivity contribution is 0.0743. The van der Waals surface area contributed by atoms with Crippen molar-refractivity contribution in [3.63, 3.8) is 0 Å². The van der Waals surface area contributed by atoms with Gasteiger partial charge in [0.05, 0.1) is 0 Å². The van der Waals surface area contributed by atoms with Crippen molar-refractivity contribution in [1.29, 1.82) is 0 Å². The van der Waals surface area contributed by atoms with Crippen molar-refractivity contribution < 1.29 is 4.79 Å². The van der Waals surface area contributed by atoms with Crippen molar-refractivity contribution in [2.24, 2.45) is 0 Å². The summed E-state index contributed by atoms with van der Waals surface area (Å²) in [7, 11) is 8.12. The van der Waals surface area contributed by atoms with Gasteiger partial charge in [-0.15, -0.1) is 10.2 Å². The first-order valence-corrected chi connectivity index (χ1v) is 8.17. The van der Waals surface area contributed by atoms with E-state index < -0.39 is 0 Å². The van der Waals surface area contributed by atoms with Gasteiger partial charge in [0.25, 0.3) is 5.91 Å². The Morgan fingerprint density at radius 3 is 1.90 bits per heavy atom. The second-order valence-corrected chi connectivity index (χ2v) is 7.03. The Morgan fingerprint density at radius 1 is 1.00 bits per heavy atom. The zero-order valence-corrected chi connectivity index (χ0v) is 14.7. The maximum absolute atomic E-state index is 12.5. The lowest BCUT2D eigenvalue weighted by Gasteiger charge is -2.23. The van der Waals surface area contributed by atoms with Gasteiger partial charge in [0.2, 0.25) is 9.47 Å². The molecular weight excluding hydrogens is 310 g/mol. The highest BCUT2D eigenvalue weighted by Crippen LogP contribution is 2.17. The summed E-state index contributed by atoms with van der Waals surface area (Å²) in [4.78, 5) is 18.5. The molecule has 0 aliphatic carbocycles. The zero-order valence-electron chi connectivity index (χ0n) is 13.2. The van der Waals surface area contributed by atoms with E-state index >= 15 is 0 Å². The normalized spacial score (nSPS) is 11.4. The van der Waals surface area contributed by atoms with Gasteiger partial charge in [-0.1, -0.05) is 11.3 Å². The number of nitrogens with zero attached hydrogens (tertiary/aromatic N) is 5. The zero-order chi connectivity index (χ0) is 15.8. The second-order valence-electron chi connectivity index (χ2n) is 5.47. The Kier molecular flexibility index (Phi) is 8.10. The summed E-state index contributed by atoms with van der Waals surface area (Å²) in [5.41, 5.74) is 0. The lowest BCUT2D eigenvalue weighted by Crippen LogP contribution is -2.35. The third kappa shape index (κ3) is 7.17. The minimum absolute atomic E-state index is 0.0723. The summed E-state index contributed by atoms with van der Waals surface area (Å²) in [5.74, 6) is -0.0723. The molecule has 0 saturated heterocycles. The molecule has 8 heteroatoms.